The van der Waals surface area contributed by atoms with Gasteiger partial charge in [0.25, 0.3) is 0 Å². The lowest BCUT2D eigenvalue weighted by molar-refractivity contribution is -0.0187. The van der Waals surface area contributed by atoms with Crippen LogP contribution in [0.25, 0.3) is 0 Å². The van der Waals surface area contributed by atoms with E-state index >= 15 is 0 Å². The van der Waals surface area contributed by atoms with Crippen LogP contribution in [0.5, 0.6) is 5.75 Å². The molecule has 98 valence electrons. The molecule has 0 radical (unpaired) electrons. The van der Waals surface area contributed by atoms with Crippen molar-refractivity contribution in [2.75, 3.05) is 13.1 Å². The van der Waals surface area contributed by atoms with E-state index < -0.39 is 0 Å². The van der Waals surface area contributed by atoms with Gasteiger partial charge in [-0.15, -0.1) is 0 Å². The number of nitrogens with zero attached hydrogens (tertiary/aromatic N) is 1. The third kappa shape index (κ3) is 2.65. The van der Waals surface area contributed by atoms with Crippen molar-refractivity contribution in [1.29, 1.82) is 0 Å². The Bertz CT molecular complexity index is 397. The number of benzene rings is 1. The molecule has 1 aliphatic carbocycles. The zero-order chi connectivity index (χ0) is 12.4. The van der Waals surface area contributed by atoms with Gasteiger partial charge in [-0.3, -0.25) is 4.90 Å². The van der Waals surface area contributed by atoms with E-state index in [4.69, 9.17) is 16.3 Å². The van der Waals surface area contributed by atoms with Crippen LogP contribution in [0.2, 0.25) is 5.02 Å². The van der Waals surface area contributed by atoms with Crippen LogP contribution in [-0.2, 0) is 0 Å². The molecule has 0 spiro atoms. The molecule has 0 aromatic heterocycles. The molecule has 0 unspecified atom stereocenters. The Morgan fingerprint density at radius 1 is 1.06 bits per heavy atom. The molecular weight excluding hydrogens is 246 g/mol. The molecule has 1 aromatic rings. The summed E-state index contributed by atoms with van der Waals surface area (Å²) in [6.45, 7) is 2.13. The Hall–Kier alpha value is -0.730. The molecular formula is C15H20ClNO. The number of halogens is 1. The predicted molar refractivity (Wildman–Crippen MR) is 74.3 cm³/mol. The van der Waals surface area contributed by atoms with E-state index in [0.29, 0.717) is 11.1 Å². The molecule has 0 atom stereocenters. The first-order valence-corrected chi connectivity index (χ1v) is 7.36. The summed E-state index contributed by atoms with van der Waals surface area (Å²) in [4.78, 5) is 2.57. The molecule has 2 nitrogen and oxygen atoms in total. The lowest BCUT2D eigenvalue weighted by atomic mass is 9.92. The van der Waals surface area contributed by atoms with Gasteiger partial charge in [0, 0.05) is 19.1 Å². The van der Waals surface area contributed by atoms with Crippen LogP contribution in [0.4, 0.5) is 0 Å². The molecule has 0 amide bonds. The second-order valence-electron chi connectivity index (χ2n) is 5.42. The van der Waals surface area contributed by atoms with E-state index in [1.165, 1.54) is 32.1 Å². The van der Waals surface area contributed by atoms with E-state index in [9.17, 15) is 0 Å². The molecule has 3 rings (SSSR count). The number of rotatable bonds is 3. The standard InChI is InChI=1S/C15H20ClNO/c16-14-8-4-5-9-15(14)18-13-10-17(11-13)12-6-2-1-3-7-12/h4-5,8-9,12-13H,1-3,6-7,10-11H2. The maximum Gasteiger partial charge on any atom is 0.138 e. The van der Waals surface area contributed by atoms with Crippen molar-refractivity contribution in [3.63, 3.8) is 0 Å². The Balaban J connectivity index is 1.49. The molecule has 1 heterocycles. The van der Waals surface area contributed by atoms with E-state index in [0.717, 1.165) is 24.9 Å². The number of ether oxygens (including phenoxy) is 1. The van der Waals surface area contributed by atoms with Crippen LogP contribution in [0.1, 0.15) is 32.1 Å². The Morgan fingerprint density at radius 3 is 2.50 bits per heavy atom. The summed E-state index contributed by atoms with van der Waals surface area (Å²) < 4.78 is 5.93. The van der Waals surface area contributed by atoms with Crippen LogP contribution in [0, 0.1) is 0 Å². The van der Waals surface area contributed by atoms with Gasteiger partial charge in [0.1, 0.15) is 11.9 Å². The fraction of sp³-hybridized carbons (Fsp3) is 0.600. The fourth-order valence-electron chi connectivity index (χ4n) is 3.01. The Morgan fingerprint density at radius 2 is 1.78 bits per heavy atom. The van der Waals surface area contributed by atoms with Gasteiger partial charge >= 0.3 is 0 Å². The minimum atomic E-state index is 0.326. The third-order valence-electron chi connectivity index (χ3n) is 4.10. The van der Waals surface area contributed by atoms with Gasteiger partial charge in [-0.1, -0.05) is 43.0 Å². The maximum atomic E-state index is 6.10. The number of hydrogen-bond donors (Lipinski definition) is 0. The molecule has 1 aliphatic heterocycles. The van der Waals surface area contributed by atoms with Crippen molar-refractivity contribution in [3.8, 4) is 5.75 Å². The smallest absolute Gasteiger partial charge is 0.138 e. The van der Waals surface area contributed by atoms with Gasteiger partial charge in [0.15, 0.2) is 0 Å². The van der Waals surface area contributed by atoms with Crippen LogP contribution in [0.3, 0.4) is 0 Å². The topological polar surface area (TPSA) is 12.5 Å². The third-order valence-corrected chi connectivity index (χ3v) is 4.41. The number of likely N-dealkylation sites (tertiary alicyclic amines) is 1. The SMILES string of the molecule is Clc1ccccc1OC1CN(C2CCCCC2)C1. The summed E-state index contributed by atoms with van der Waals surface area (Å²) in [5.41, 5.74) is 0. The average molecular weight is 266 g/mol. The number of hydrogen-bond acceptors (Lipinski definition) is 2. The highest BCUT2D eigenvalue weighted by atomic mass is 35.5. The van der Waals surface area contributed by atoms with Crippen molar-refractivity contribution in [1.82, 2.24) is 4.90 Å². The highest BCUT2D eigenvalue weighted by molar-refractivity contribution is 6.32. The van der Waals surface area contributed by atoms with Crippen molar-refractivity contribution in [2.24, 2.45) is 0 Å². The lowest BCUT2D eigenvalue weighted by Crippen LogP contribution is -2.58. The first-order valence-electron chi connectivity index (χ1n) is 6.98. The van der Waals surface area contributed by atoms with E-state index in [2.05, 4.69) is 4.90 Å². The molecule has 1 saturated carbocycles. The zero-order valence-electron chi connectivity index (χ0n) is 10.6. The molecule has 1 saturated heterocycles. The second kappa shape index (κ2) is 5.50. The predicted octanol–water partition coefficient (Wildman–Crippen LogP) is 3.74. The Labute approximate surface area is 114 Å². The zero-order valence-corrected chi connectivity index (χ0v) is 11.4. The quantitative estimate of drug-likeness (QED) is 0.826. The van der Waals surface area contributed by atoms with Crippen LogP contribution < -0.4 is 4.74 Å². The fourth-order valence-corrected chi connectivity index (χ4v) is 3.19. The van der Waals surface area contributed by atoms with Crippen molar-refractivity contribution >= 4 is 11.6 Å². The minimum absolute atomic E-state index is 0.326. The molecule has 0 N–H and O–H groups in total. The summed E-state index contributed by atoms with van der Waals surface area (Å²) in [6.07, 6.45) is 7.29. The van der Waals surface area contributed by atoms with Crippen molar-refractivity contribution in [2.45, 2.75) is 44.2 Å². The first-order chi connectivity index (χ1) is 8.83. The van der Waals surface area contributed by atoms with Gasteiger partial charge in [-0.2, -0.15) is 0 Å². The van der Waals surface area contributed by atoms with Gasteiger partial charge in [0.05, 0.1) is 5.02 Å². The molecule has 18 heavy (non-hydrogen) atoms. The van der Waals surface area contributed by atoms with E-state index in [-0.39, 0.29) is 0 Å². The monoisotopic (exact) mass is 265 g/mol. The summed E-state index contributed by atoms with van der Waals surface area (Å²) in [5.74, 6) is 0.826. The molecule has 3 heteroatoms. The summed E-state index contributed by atoms with van der Waals surface area (Å²) in [6, 6.07) is 8.55. The summed E-state index contributed by atoms with van der Waals surface area (Å²) >= 11 is 6.10. The largest absolute Gasteiger partial charge is 0.486 e. The molecule has 1 aromatic carbocycles. The molecule has 2 fully saturated rings. The molecule has 0 bridgehead atoms. The first kappa shape index (κ1) is 12.3. The second-order valence-corrected chi connectivity index (χ2v) is 5.82. The van der Waals surface area contributed by atoms with Gasteiger partial charge in [0.2, 0.25) is 0 Å². The normalized spacial score (nSPS) is 22.7. The molecule has 2 aliphatic rings. The van der Waals surface area contributed by atoms with Gasteiger partial charge in [-0.25, -0.2) is 0 Å². The summed E-state index contributed by atoms with van der Waals surface area (Å²) in [5, 5.41) is 0.716. The van der Waals surface area contributed by atoms with Crippen LogP contribution in [0.15, 0.2) is 24.3 Å². The van der Waals surface area contributed by atoms with E-state index in [1.54, 1.807) is 0 Å². The van der Waals surface area contributed by atoms with Crippen molar-refractivity contribution in [3.05, 3.63) is 29.3 Å². The lowest BCUT2D eigenvalue weighted by Gasteiger charge is -2.45. The average Bonchev–Trinajstić information content (AvgIpc) is 2.36. The van der Waals surface area contributed by atoms with Crippen LogP contribution >= 0.6 is 11.6 Å². The van der Waals surface area contributed by atoms with E-state index in [1.807, 2.05) is 24.3 Å². The van der Waals surface area contributed by atoms with Gasteiger partial charge in [-0.05, 0) is 25.0 Å². The van der Waals surface area contributed by atoms with Crippen molar-refractivity contribution < 1.29 is 4.74 Å². The minimum Gasteiger partial charge on any atom is -0.486 e. The summed E-state index contributed by atoms with van der Waals surface area (Å²) in [7, 11) is 0. The Kier molecular flexibility index (Phi) is 3.76. The number of para-hydroxylation sites is 1. The highest BCUT2D eigenvalue weighted by Gasteiger charge is 2.34. The van der Waals surface area contributed by atoms with Gasteiger partial charge < -0.3 is 4.74 Å². The maximum absolute atomic E-state index is 6.10. The highest BCUT2D eigenvalue weighted by Crippen LogP contribution is 2.30. The van der Waals surface area contributed by atoms with Crippen LogP contribution in [-0.4, -0.2) is 30.1 Å².